The highest BCUT2D eigenvalue weighted by Crippen LogP contribution is 2.03. The summed E-state index contributed by atoms with van der Waals surface area (Å²) < 4.78 is 0. The lowest BCUT2D eigenvalue weighted by atomic mass is 10.1. The van der Waals surface area contributed by atoms with Crippen LogP contribution in [0.25, 0.3) is 0 Å². The molecule has 0 heterocycles. The van der Waals surface area contributed by atoms with Crippen LogP contribution in [0, 0.1) is 6.92 Å². The van der Waals surface area contributed by atoms with Gasteiger partial charge in [-0.05, 0) is 18.9 Å². The second-order valence-corrected chi connectivity index (χ2v) is 2.65. The monoisotopic (exact) mass is 151 g/mol. The number of nitrogens with one attached hydrogen (secondary N) is 1. The highest BCUT2D eigenvalue weighted by molar-refractivity contribution is 5.22. The Balaban J connectivity index is 2.56. The summed E-state index contributed by atoms with van der Waals surface area (Å²) in [5.74, 6) is 0. The molecule has 1 rings (SSSR count). The summed E-state index contributed by atoms with van der Waals surface area (Å²) in [5, 5.41) is 8.35. The number of rotatable bonds is 3. The molecule has 0 unspecified atom stereocenters. The van der Waals surface area contributed by atoms with Crippen LogP contribution in [0.2, 0.25) is 0 Å². The molecule has 0 amide bonds. The van der Waals surface area contributed by atoms with Gasteiger partial charge in [0, 0.05) is 6.54 Å². The summed E-state index contributed by atoms with van der Waals surface area (Å²) in [4.78, 5) is 0. The standard InChI is InChI=1S/C9H13NO/c1-8-3-2-4-9(7-8)5-6-10-11/h2-4,7,10-11H,5-6H2,1H3. The predicted molar refractivity (Wildman–Crippen MR) is 44.7 cm³/mol. The molecular weight excluding hydrogens is 138 g/mol. The van der Waals surface area contributed by atoms with E-state index in [2.05, 4.69) is 30.6 Å². The van der Waals surface area contributed by atoms with Gasteiger partial charge in [0.1, 0.15) is 0 Å². The molecule has 0 aliphatic carbocycles. The third-order valence-corrected chi connectivity index (χ3v) is 1.61. The van der Waals surface area contributed by atoms with E-state index in [1.165, 1.54) is 11.1 Å². The molecule has 2 nitrogen and oxygen atoms in total. The van der Waals surface area contributed by atoms with Crippen LogP contribution in [0.5, 0.6) is 0 Å². The van der Waals surface area contributed by atoms with Crippen molar-refractivity contribution in [1.82, 2.24) is 5.48 Å². The van der Waals surface area contributed by atoms with Crippen molar-refractivity contribution in [1.29, 1.82) is 0 Å². The highest BCUT2D eigenvalue weighted by atomic mass is 16.5. The smallest absolute Gasteiger partial charge is 0.0247 e. The van der Waals surface area contributed by atoms with E-state index in [4.69, 9.17) is 5.21 Å². The summed E-state index contributed by atoms with van der Waals surface area (Å²) in [6.07, 6.45) is 0.873. The van der Waals surface area contributed by atoms with Crippen molar-refractivity contribution in [2.45, 2.75) is 13.3 Å². The molecule has 0 aromatic heterocycles. The van der Waals surface area contributed by atoms with Crippen LogP contribution in [0.15, 0.2) is 24.3 Å². The second kappa shape index (κ2) is 4.11. The van der Waals surface area contributed by atoms with Crippen LogP contribution in [-0.4, -0.2) is 11.8 Å². The first-order chi connectivity index (χ1) is 5.33. The van der Waals surface area contributed by atoms with Gasteiger partial charge >= 0.3 is 0 Å². The Kier molecular flexibility index (Phi) is 3.08. The maximum Gasteiger partial charge on any atom is 0.0247 e. The van der Waals surface area contributed by atoms with E-state index in [9.17, 15) is 0 Å². The topological polar surface area (TPSA) is 32.3 Å². The molecule has 0 atom stereocenters. The van der Waals surface area contributed by atoms with Crippen molar-refractivity contribution < 1.29 is 5.21 Å². The zero-order valence-electron chi connectivity index (χ0n) is 6.67. The van der Waals surface area contributed by atoms with E-state index in [1.807, 2.05) is 6.07 Å². The van der Waals surface area contributed by atoms with Gasteiger partial charge in [-0.15, -0.1) is 0 Å². The molecule has 0 fully saturated rings. The van der Waals surface area contributed by atoms with E-state index in [0.29, 0.717) is 6.54 Å². The van der Waals surface area contributed by atoms with Crippen molar-refractivity contribution in [3.8, 4) is 0 Å². The molecule has 0 radical (unpaired) electrons. The van der Waals surface area contributed by atoms with Crippen LogP contribution in [0.3, 0.4) is 0 Å². The van der Waals surface area contributed by atoms with Gasteiger partial charge in [0.25, 0.3) is 0 Å². The van der Waals surface area contributed by atoms with E-state index in [1.54, 1.807) is 0 Å². The molecule has 0 saturated carbocycles. The van der Waals surface area contributed by atoms with Crippen LogP contribution in [0.4, 0.5) is 0 Å². The first-order valence-electron chi connectivity index (χ1n) is 3.75. The zero-order valence-corrected chi connectivity index (χ0v) is 6.67. The van der Waals surface area contributed by atoms with E-state index >= 15 is 0 Å². The van der Waals surface area contributed by atoms with Crippen molar-refractivity contribution in [2.24, 2.45) is 0 Å². The van der Waals surface area contributed by atoms with E-state index < -0.39 is 0 Å². The normalized spacial score (nSPS) is 10.0. The Morgan fingerprint density at radius 3 is 2.91 bits per heavy atom. The Hall–Kier alpha value is -0.860. The van der Waals surface area contributed by atoms with Gasteiger partial charge in [0.2, 0.25) is 0 Å². The first kappa shape index (κ1) is 8.24. The van der Waals surface area contributed by atoms with Crippen molar-refractivity contribution >= 4 is 0 Å². The summed E-state index contributed by atoms with van der Waals surface area (Å²) in [6, 6.07) is 8.28. The maximum atomic E-state index is 8.35. The van der Waals surface area contributed by atoms with Gasteiger partial charge in [-0.25, -0.2) is 5.48 Å². The maximum absolute atomic E-state index is 8.35. The third-order valence-electron chi connectivity index (χ3n) is 1.61. The summed E-state index contributed by atoms with van der Waals surface area (Å²) in [7, 11) is 0. The van der Waals surface area contributed by atoms with E-state index in [-0.39, 0.29) is 0 Å². The summed E-state index contributed by atoms with van der Waals surface area (Å²) >= 11 is 0. The molecule has 0 aliphatic rings. The molecule has 2 N–H and O–H groups in total. The Bertz CT molecular complexity index is 223. The molecule has 0 bridgehead atoms. The number of aryl methyl sites for hydroxylation is 1. The minimum Gasteiger partial charge on any atom is -0.317 e. The van der Waals surface area contributed by atoms with Crippen LogP contribution in [0.1, 0.15) is 11.1 Å². The molecule has 0 aliphatic heterocycles. The Morgan fingerprint density at radius 2 is 2.27 bits per heavy atom. The van der Waals surface area contributed by atoms with Crippen LogP contribution in [-0.2, 0) is 6.42 Å². The lowest BCUT2D eigenvalue weighted by Crippen LogP contribution is -2.11. The average molecular weight is 151 g/mol. The Labute approximate surface area is 66.8 Å². The molecular formula is C9H13NO. The van der Waals surface area contributed by atoms with Gasteiger partial charge in [-0.1, -0.05) is 29.8 Å². The quantitative estimate of drug-likeness (QED) is 0.642. The van der Waals surface area contributed by atoms with Gasteiger partial charge in [-0.2, -0.15) is 0 Å². The molecule has 0 saturated heterocycles. The fraction of sp³-hybridized carbons (Fsp3) is 0.333. The summed E-state index contributed by atoms with van der Waals surface area (Å²) in [6.45, 7) is 2.68. The van der Waals surface area contributed by atoms with Crippen LogP contribution < -0.4 is 5.48 Å². The zero-order chi connectivity index (χ0) is 8.10. The predicted octanol–water partition coefficient (Wildman–Crippen LogP) is 1.52. The second-order valence-electron chi connectivity index (χ2n) is 2.65. The molecule has 1 aromatic rings. The molecule has 1 aromatic carbocycles. The van der Waals surface area contributed by atoms with Crippen molar-refractivity contribution in [2.75, 3.05) is 6.54 Å². The number of hydroxylamine groups is 1. The first-order valence-corrected chi connectivity index (χ1v) is 3.75. The largest absolute Gasteiger partial charge is 0.317 e. The number of hydrogen-bond acceptors (Lipinski definition) is 2. The van der Waals surface area contributed by atoms with Gasteiger partial charge < -0.3 is 5.21 Å². The fourth-order valence-corrected chi connectivity index (χ4v) is 1.07. The van der Waals surface area contributed by atoms with Gasteiger partial charge in [0.05, 0.1) is 0 Å². The summed E-state index contributed by atoms with van der Waals surface area (Å²) in [5.41, 5.74) is 4.66. The highest BCUT2D eigenvalue weighted by Gasteiger charge is 1.90. The molecule has 60 valence electrons. The van der Waals surface area contributed by atoms with Crippen molar-refractivity contribution in [3.05, 3.63) is 35.4 Å². The Morgan fingerprint density at radius 1 is 1.45 bits per heavy atom. The van der Waals surface area contributed by atoms with Crippen LogP contribution >= 0.6 is 0 Å². The minimum atomic E-state index is 0.615. The lowest BCUT2D eigenvalue weighted by Gasteiger charge is -2.00. The molecule has 0 spiro atoms. The van der Waals surface area contributed by atoms with Crippen molar-refractivity contribution in [3.63, 3.8) is 0 Å². The lowest BCUT2D eigenvalue weighted by molar-refractivity contribution is 0.168. The average Bonchev–Trinajstić information content (AvgIpc) is 2.01. The fourth-order valence-electron chi connectivity index (χ4n) is 1.07. The SMILES string of the molecule is Cc1cccc(CCNO)c1. The van der Waals surface area contributed by atoms with E-state index in [0.717, 1.165) is 6.42 Å². The molecule has 11 heavy (non-hydrogen) atoms. The molecule has 2 heteroatoms. The van der Waals surface area contributed by atoms with Gasteiger partial charge in [0.15, 0.2) is 0 Å². The third kappa shape index (κ3) is 2.70. The number of hydrogen-bond donors (Lipinski definition) is 2. The van der Waals surface area contributed by atoms with Gasteiger partial charge in [-0.3, -0.25) is 0 Å². The number of benzene rings is 1. The minimum absolute atomic E-state index is 0.615.